The highest BCUT2D eigenvalue weighted by atomic mass is 15.1. The van der Waals surface area contributed by atoms with E-state index in [4.69, 9.17) is 0 Å². The molecule has 0 aliphatic carbocycles. The Morgan fingerprint density at radius 2 is 1.09 bits per heavy atom. The van der Waals surface area contributed by atoms with Crippen molar-refractivity contribution in [3.05, 3.63) is 102 Å². The summed E-state index contributed by atoms with van der Waals surface area (Å²) in [6.07, 6.45) is 0.0498. The number of anilines is 1. The third kappa shape index (κ3) is 4.21. The zero-order chi connectivity index (χ0) is 15.9. The first-order valence-electron chi connectivity index (χ1n) is 8.00. The van der Waals surface area contributed by atoms with Crippen LogP contribution in [0.15, 0.2) is 91.0 Å². The molecule has 116 valence electrons. The summed E-state index contributed by atoms with van der Waals surface area (Å²) in [4.78, 5) is 0. The van der Waals surface area contributed by atoms with Crippen molar-refractivity contribution in [3.8, 4) is 0 Å². The zero-order valence-corrected chi connectivity index (χ0v) is 13.3. The summed E-state index contributed by atoms with van der Waals surface area (Å²) in [5.41, 5.74) is 3.61. The van der Waals surface area contributed by atoms with Gasteiger partial charge in [-0.25, -0.2) is 0 Å². The minimum Gasteiger partial charge on any atom is -0.366 e. The largest absolute Gasteiger partial charge is 0.366 e. The van der Waals surface area contributed by atoms with Crippen LogP contribution >= 0.6 is 0 Å². The molecule has 0 fully saturated rings. The average Bonchev–Trinajstić information content (AvgIpc) is 2.63. The van der Waals surface area contributed by atoms with Crippen LogP contribution in [-0.4, -0.2) is 0 Å². The van der Waals surface area contributed by atoms with Gasteiger partial charge in [0.15, 0.2) is 0 Å². The van der Waals surface area contributed by atoms with Crippen LogP contribution < -0.4 is 10.6 Å². The molecule has 0 bridgehead atoms. The summed E-state index contributed by atoms with van der Waals surface area (Å²) < 4.78 is 0. The van der Waals surface area contributed by atoms with E-state index in [1.807, 2.05) is 30.3 Å². The van der Waals surface area contributed by atoms with Crippen LogP contribution in [0, 0.1) is 0 Å². The third-order valence-electron chi connectivity index (χ3n) is 3.93. The molecule has 3 aromatic carbocycles. The Morgan fingerprint density at radius 1 is 0.609 bits per heavy atom. The Kier molecular flexibility index (Phi) is 5.07. The molecule has 0 radical (unpaired) electrons. The van der Waals surface area contributed by atoms with Crippen molar-refractivity contribution in [1.82, 2.24) is 5.32 Å². The molecule has 2 atom stereocenters. The standard InChI is InChI=1S/C21H22N2/c1-17(18-11-5-2-6-12-18)22-21(19-13-7-3-8-14-19)23-20-15-9-4-10-16-20/h2-17,21-23H,1H3/t17-,21?/m1/s1. The molecule has 3 rings (SSSR count). The van der Waals surface area contributed by atoms with Crippen molar-refractivity contribution in [2.45, 2.75) is 19.1 Å². The fourth-order valence-corrected chi connectivity index (χ4v) is 2.66. The molecule has 3 aromatic rings. The highest BCUT2D eigenvalue weighted by molar-refractivity contribution is 5.45. The van der Waals surface area contributed by atoms with Crippen LogP contribution in [0.4, 0.5) is 5.69 Å². The molecule has 0 spiro atoms. The maximum Gasteiger partial charge on any atom is 0.104 e. The number of rotatable bonds is 6. The van der Waals surface area contributed by atoms with E-state index < -0.39 is 0 Å². The van der Waals surface area contributed by atoms with Gasteiger partial charge < -0.3 is 5.32 Å². The Morgan fingerprint density at radius 3 is 1.65 bits per heavy atom. The van der Waals surface area contributed by atoms with E-state index in [0.29, 0.717) is 0 Å². The number of nitrogens with one attached hydrogen (secondary N) is 2. The van der Waals surface area contributed by atoms with Gasteiger partial charge >= 0.3 is 0 Å². The van der Waals surface area contributed by atoms with E-state index in [2.05, 4.69) is 78.2 Å². The molecule has 0 saturated heterocycles. The van der Waals surface area contributed by atoms with Crippen molar-refractivity contribution < 1.29 is 0 Å². The van der Waals surface area contributed by atoms with Crippen molar-refractivity contribution >= 4 is 5.69 Å². The molecule has 23 heavy (non-hydrogen) atoms. The highest BCUT2D eigenvalue weighted by Gasteiger charge is 2.15. The first-order chi connectivity index (χ1) is 11.3. The van der Waals surface area contributed by atoms with Gasteiger partial charge in [0, 0.05) is 11.7 Å². The molecular formula is C21H22N2. The van der Waals surface area contributed by atoms with E-state index in [0.717, 1.165) is 5.69 Å². The van der Waals surface area contributed by atoms with Gasteiger partial charge in [0.25, 0.3) is 0 Å². The second kappa shape index (κ2) is 7.61. The first-order valence-corrected chi connectivity index (χ1v) is 8.00. The molecule has 0 amide bonds. The maximum atomic E-state index is 3.69. The lowest BCUT2D eigenvalue weighted by atomic mass is 10.1. The van der Waals surface area contributed by atoms with Gasteiger partial charge in [-0.2, -0.15) is 0 Å². The predicted molar refractivity (Wildman–Crippen MR) is 97.2 cm³/mol. The van der Waals surface area contributed by atoms with Gasteiger partial charge in [-0.15, -0.1) is 0 Å². The lowest BCUT2D eigenvalue weighted by Gasteiger charge is -2.26. The number of hydrogen-bond donors (Lipinski definition) is 2. The summed E-state index contributed by atoms with van der Waals surface area (Å²) in [7, 11) is 0. The second-order valence-electron chi connectivity index (χ2n) is 5.65. The van der Waals surface area contributed by atoms with Crippen LogP contribution in [0.5, 0.6) is 0 Å². The summed E-state index contributed by atoms with van der Waals surface area (Å²) in [6, 6.07) is 31.5. The van der Waals surface area contributed by atoms with E-state index in [9.17, 15) is 0 Å². The first kappa shape index (κ1) is 15.3. The Bertz CT molecular complexity index is 696. The predicted octanol–water partition coefficient (Wildman–Crippen LogP) is 5.15. The summed E-state index contributed by atoms with van der Waals surface area (Å²) >= 11 is 0. The smallest absolute Gasteiger partial charge is 0.104 e. The molecule has 2 nitrogen and oxygen atoms in total. The third-order valence-corrected chi connectivity index (χ3v) is 3.93. The average molecular weight is 302 g/mol. The van der Waals surface area contributed by atoms with Gasteiger partial charge in [0.1, 0.15) is 6.17 Å². The second-order valence-corrected chi connectivity index (χ2v) is 5.65. The number of para-hydroxylation sites is 1. The van der Waals surface area contributed by atoms with Crippen LogP contribution in [0.2, 0.25) is 0 Å². The van der Waals surface area contributed by atoms with Gasteiger partial charge in [-0.3, -0.25) is 5.32 Å². The molecule has 0 saturated carbocycles. The minimum absolute atomic E-state index is 0.0498. The fraction of sp³-hybridized carbons (Fsp3) is 0.143. The van der Waals surface area contributed by atoms with E-state index in [1.165, 1.54) is 11.1 Å². The minimum atomic E-state index is 0.0498. The SMILES string of the molecule is C[C@@H](NC(Nc1ccccc1)c1ccccc1)c1ccccc1. The van der Waals surface area contributed by atoms with Gasteiger partial charge in [-0.1, -0.05) is 78.9 Å². The van der Waals surface area contributed by atoms with Gasteiger partial charge in [-0.05, 0) is 30.2 Å². The Labute approximate surface area is 138 Å². The van der Waals surface area contributed by atoms with Crippen LogP contribution in [0.3, 0.4) is 0 Å². The summed E-state index contributed by atoms with van der Waals surface area (Å²) in [5, 5.41) is 7.27. The van der Waals surface area contributed by atoms with Gasteiger partial charge in [0.2, 0.25) is 0 Å². The Balaban J connectivity index is 1.81. The molecule has 2 N–H and O–H groups in total. The van der Waals surface area contributed by atoms with Crippen molar-refractivity contribution in [2.24, 2.45) is 0 Å². The quantitative estimate of drug-likeness (QED) is 0.615. The normalized spacial score (nSPS) is 13.3. The van der Waals surface area contributed by atoms with E-state index in [1.54, 1.807) is 0 Å². The fourth-order valence-electron chi connectivity index (χ4n) is 2.66. The molecule has 0 heterocycles. The molecule has 1 unspecified atom stereocenters. The summed E-state index contributed by atoms with van der Waals surface area (Å²) in [5.74, 6) is 0. The molecule has 0 aliphatic rings. The van der Waals surface area contributed by atoms with Gasteiger partial charge in [0.05, 0.1) is 0 Å². The molecule has 0 aromatic heterocycles. The Hall–Kier alpha value is -2.58. The lowest BCUT2D eigenvalue weighted by molar-refractivity contribution is 0.503. The van der Waals surface area contributed by atoms with E-state index >= 15 is 0 Å². The maximum absolute atomic E-state index is 3.69. The molecule has 2 heteroatoms. The topological polar surface area (TPSA) is 24.1 Å². The van der Waals surface area contributed by atoms with Crippen molar-refractivity contribution in [3.63, 3.8) is 0 Å². The number of hydrogen-bond acceptors (Lipinski definition) is 2. The van der Waals surface area contributed by atoms with Crippen molar-refractivity contribution in [1.29, 1.82) is 0 Å². The molecular weight excluding hydrogens is 280 g/mol. The lowest BCUT2D eigenvalue weighted by Crippen LogP contribution is -2.30. The molecule has 0 aliphatic heterocycles. The zero-order valence-electron chi connectivity index (χ0n) is 13.3. The van der Waals surface area contributed by atoms with Crippen LogP contribution in [0.25, 0.3) is 0 Å². The van der Waals surface area contributed by atoms with Crippen LogP contribution in [-0.2, 0) is 0 Å². The monoisotopic (exact) mass is 302 g/mol. The summed E-state index contributed by atoms with van der Waals surface area (Å²) in [6.45, 7) is 2.19. The number of benzene rings is 3. The van der Waals surface area contributed by atoms with Crippen LogP contribution in [0.1, 0.15) is 30.3 Å². The highest BCUT2D eigenvalue weighted by Crippen LogP contribution is 2.21. The van der Waals surface area contributed by atoms with E-state index in [-0.39, 0.29) is 12.2 Å². The van der Waals surface area contributed by atoms with Crippen molar-refractivity contribution in [2.75, 3.05) is 5.32 Å².